The molecule has 0 aliphatic heterocycles. The van der Waals surface area contributed by atoms with Gasteiger partial charge in [0.05, 0.1) is 11.0 Å². The lowest BCUT2D eigenvalue weighted by atomic mass is 10.0. The van der Waals surface area contributed by atoms with Crippen molar-refractivity contribution in [3.63, 3.8) is 0 Å². The van der Waals surface area contributed by atoms with Crippen molar-refractivity contribution in [3.05, 3.63) is 30.1 Å². The first-order valence-electron chi connectivity index (χ1n) is 5.07. The summed E-state index contributed by atoms with van der Waals surface area (Å²) in [6.45, 7) is 0. The van der Waals surface area contributed by atoms with Gasteiger partial charge in [0, 0.05) is 24.9 Å². The molecule has 0 aromatic carbocycles. The van der Waals surface area contributed by atoms with E-state index in [1.807, 2.05) is 18.3 Å². The normalized spacial score (nSPS) is 12.8. The number of fused-ring (bicyclic) bond motifs is 1. The summed E-state index contributed by atoms with van der Waals surface area (Å²) in [6, 6.07) is 3.51. The van der Waals surface area contributed by atoms with Gasteiger partial charge >= 0.3 is 5.97 Å². The molecular weight excluding hydrogens is 206 g/mol. The molecule has 1 atom stereocenters. The number of nitrogens with two attached hydrogens (primary N) is 1. The minimum Gasteiger partial charge on any atom is -0.481 e. The van der Waals surface area contributed by atoms with Crippen LogP contribution in [-0.4, -0.2) is 21.0 Å². The Morgan fingerprint density at radius 1 is 1.62 bits per heavy atom. The summed E-state index contributed by atoms with van der Waals surface area (Å²) in [7, 11) is 0. The molecule has 5 heteroatoms. The average Bonchev–Trinajstić information content (AvgIpc) is 2.72. The van der Waals surface area contributed by atoms with Gasteiger partial charge in [-0.25, -0.2) is 0 Å². The van der Waals surface area contributed by atoms with Gasteiger partial charge in [0.2, 0.25) is 0 Å². The highest BCUT2D eigenvalue weighted by molar-refractivity contribution is 5.75. The van der Waals surface area contributed by atoms with Crippen molar-refractivity contribution in [2.75, 3.05) is 0 Å². The predicted molar refractivity (Wildman–Crippen MR) is 59.9 cm³/mol. The van der Waals surface area contributed by atoms with E-state index in [9.17, 15) is 4.79 Å². The van der Waals surface area contributed by atoms with Crippen LogP contribution in [0.4, 0.5) is 0 Å². The first-order chi connectivity index (χ1) is 7.66. The van der Waals surface area contributed by atoms with Crippen LogP contribution in [0.1, 0.15) is 24.4 Å². The standard InChI is InChI=1S/C11H13N3O2/c12-8(1-2-11(15)16)7-5-10-9(14-6-7)3-4-13-10/h3-6,8,13H,1-2,12H2,(H,15,16)/t8-/m0/s1. The van der Waals surface area contributed by atoms with Crippen molar-refractivity contribution in [1.82, 2.24) is 9.97 Å². The van der Waals surface area contributed by atoms with Crippen LogP contribution in [0.3, 0.4) is 0 Å². The van der Waals surface area contributed by atoms with Crippen LogP contribution < -0.4 is 5.73 Å². The molecule has 0 unspecified atom stereocenters. The number of pyridine rings is 1. The molecular formula is C11H13N3O2. The third-order valence-electron chi connectivity index (χ3n) is 2.52. The number of carboxylic acids is 1. The number of nitrogens with zero attached hydrogens (tertiary/aromatic N) is 1. The van der Waals surface area contributed by atoms with Gasteiger partial charge in [-0.2, -0.15) is 0 Å². The summed E-state index contributed by atoms with van der Waals surface area (Å²) in [5, 5.41) is 8.57. The van der Waals surface area contributed by atoms with E-state index in [0.717, 1.165) is 16.6 Å². The molecule has 0 aliphatic carbocycles. The van der Waals surface area contributed by atoms with Gasteiger partial charge in [-0.1, -0.05) is 0 Å². The molecule has 0 aliphatic rings. The Hall–Kier alpha value is -1.88. The van der Waals surface area contributed by atoms with E-state index in [2.05, 4.69) is 9.97 Å². The van der Waals surface area contributed by atoms with Crippen LogP contribution in [0, 0.1) is 0 Å². The maximum absolute atomic E-state index is 10.4. The second kappa shape index (κ2) is 4.32. The first-order valence-corrected chi connectivity index (χ1v) is 5.07. The molecule has 2 heterocycles. The monoisotopic (exact) mass is 219 g/mol. The maximum Gasteiger partial charge on any atom is 0.303 e. The Morgan fingerprint density at radius 2 is 2.44 bits per heavy atom. The fourth-order valence-electron chi connectivity index (χ4n) is 1.60. The van der Waals surface area contributed by atoms with E-state index >= 15 is 0 Å². The highest BCUT2D eigenvalue weighted by Gasteiger charge is 2.09. The molecule has 0 bridgehead atoms. The van der Waals surface area contributed by atoms with Crippen LogP contribution in [0.2, 0.25) is 0 Å². The van der Waals surface area contributed by atoms with Gasteiger partial charge in [-0.15, -0.1) is 0 Å². The molecule has 5 nitrogen and oxygen atoms in total. The van der Waals surface area contributed by atoms with E-state index < -0.39 is 5.97 Å². The topological polar surface area (TPSA) is 92.0 Å². The largest absolute Gasteiger partial charge is 0.481 e. The zero-order chi connectivity index (χ0) is 11.5. The van der Waals surface area contributed by atoms with Crippen molar-refractivity contribution >= 4 is 17.0 Å². The number of aliphatic carboxylic acids is 1. The number of carbonyl (C=O) groups is 1. The molecule has 16 heavy (non-hydrogen) atoms. The Kier molecular flexibility index (Phi) is 2.87. The van der Waals surface area contributed by atoms with Gasteiger partial charge in [-0.05, 0) is 24.1 Å². The molecule has 0 amide bonds. The Bertz CT molecular complexity index is 507. The molecule has 84 valence electrons. The van der Waals surface area contributed by atoms with E-state index in [-0.39, 0.29) is 12.5 Å². The number of hydrogen-bond donors (Lipinski definition) is 3. The summed E-state index contributed by atoms with van der Waals surface area (Å²) in [6.07, 6.45) is 4.00. The highest BCUT2D eigenvalue weighted by Crippen LogP contribution is 2.18. The average molecular weight is 219 g/mol. The predicted octanol–water partition coefficient (Wildman–Crippen LogP) is 1.43. The van der Waals surface area contributed by atoms with Crippen molar-refractivity contribution in [3.8, 4) is 0 Å². The molecule has 0 fully saturated rings. The number of nitrogens with one attached hydrogen (secondary N) is 1. The van der Waals surface area contributed by atoms with Gasteiger partial charge in [0.15, 0.2) is 0 Å². The number of hydrogen-bond acceptors (Lipinski definition) is 3. The number of rotatable bonds is 4. The van der Waals surface area contributed by atoms with E-state index in [1.165, 1.54) is 0 Å². The minimum absolute atomic E-state index is 0.0733. The summed E-state index contributed by atoms with van der Waals surface area (Å²) in [4.78, 5) is 17.7. The number of aromatic amines is 1. The van der Waals surface area contributed by atoms with Gasteiger partial charge < -0.3 is 15.8 Å². The fourth-order valence-corrected chi connectivity index (χ4v) is 1.60. The molecule has 0 saturated carbocycles. The summed E-state index contributed by atoms with van der Waals surface area (Å²) < 4.78 is 0. The van der Waals surface area contributed by atoms with Crippen molar-refractivity contribution in [1.29, 1.82) is 0 Å². The summed E-state index contributed by atoms with van der Waals surface area (Å²) in [5.41, 5.74) is 8.55. The molecule has 0 saturated heterocycles. The van der Waals surface area contributed by atoms with Crippen LogP contribution in [0.5, 0.6) is 0 Å². The second-order valence-electron chi connectivity index (χ2n) is 3.72. The number of carboxylic acid groups (broad SMARTS) is 1. The van der Waals surface area contributed by atoms with Gasteiger partial charge in [-0.3, -0.25) is 9.78 Å². The quantitative estimate of drug-likeness (QED) is 0.725. The zero-order valence-corrected chi connectivity index (χ0v) is 8.68. The van der Waals surface area contributed by atoms with Crippen molar-refractivity contribution in [2.45, 2.75) is 18.9 Å². The summed E-state index contributed by atoms with van der Waals surface area (Å²) >= 11 is 0. The lowest BCUT2D eigenvalue weighted by molar-refractivity contribution is -0.137. The van der Waals surface area contributed by atoms with Gasteiger partial charge in [0.25, 0.3) is 0 Å². The number of aromatic nitrogens is 2. The molecule has 0 spiro atoms. The molecule has 4 N–H and O–H groups in total. The SMILES string of the molecule is N[C@@H](CCC(=O)O)c1cnc2cc[nH]c2c1. The van der Waals surface area contributed by atoms with Crippen LogP contribution in [0.15, 0.2) is 24.5 Å². The zero-order valence-electron chi connectivity index (χ0n) is 8.68. The second-order valence-corrected chi connectivity index (χ2v) is 3.72. The van der Waals surface area contributed by atoms with E-state index in [1.54, 1.807) is 6.20 Å². The Labute approximate surface area is 92.3 Å². The maximum atomic E-state index is 10.4. The van der Waals surface area contributed by atoms with E-state index in [4.69, 9.17) is 10.8 Å². The molecule has 2 rings (SSSR count). The molecule has 2 aromatic rings. The van der Waals surface area contributed by atoms with Crippen LogP contribution >= 0.6 is 0 Å². The highest BCUT2D eigenvalue weighted by atomic mass is 16.4. The van der Waals surface area contributed by atoms with Crippen LogP contribution in [-0.2, 0) is 4.79 Å². The fraction of sp³-hybridized carbons (Fsp3) is 0.273. The third kappa shape index (κ3) is 2.20. The lowest BCUT2D eigenvalue weighted by Gasteiger charge is -2.09. The lowest BCUT2D eigenvalue weighted by Crippen LogP contribution is -2.12. The number of H-pyrrole nitrogens is 1. The van der Waals surface area contributed by atoms with Crippen molar-refractivity contribution in [2.24, 2.45) is 5.73 Å². The van der Waals surface area contributed by atoms with Crippen LogP contribution in [0.25, 0.3) is 11.0 Å². The van der Waals surface area contributed by atoms with Crippen molar-refractivity contribution < 1.29 is 9.90 Å². The first kappa shape index (κ1) is 10.6. The third-order valence-corrected chi connectivity index (χ3v) is 2.52. The molecule has 2 aromatic heterocycles. The summed E-state index contributed by atoms with van der Waals surface area (Å²) in [5.74, 6) is -0.829. The Balaban J connectivity index is 2.15. The van der Waals surface area contributed by atoms with Gasteiger partial charge in [0.1, 0.15) is 0 Å². The smallest absolute Gasteiger partial charge is 0.303 e. The van der Waals surface area contributed by atoms with E-state index in [0.29, 0.717) is 6.42 Å². The Morgan fingerprint density at radius 3 is 3.19 bits per heavy atom. The minimum atomic E-state index is -0.829. The molecule has 0 radical (unpaired) electrons.